The van der Waals surface area contributed by atoms with Gasteiger partial charge in [0, 0.05) is 50.6 Å². The van der Waals surface area contributed by atoms with E-state index in [1.54, 1.807) is 0 Å². The smallest absolute Gasteiger partial charge is 0.227 e. The van der Waals surface area contributed by atoms with Gasteiger partial charge in [-0.1, -0.05) is 19.1 Å². The van der Waals surface area contributed by atoms with Crippen molar-refractivity contribution in [1.29, 1.82) is 0 Å². The maximum absolute atomic E-state index is 4.97. The maximum Gasteiger partial charge on any atom is 0.227 e. The monoisotopic (exact) mass is 379 g/mol. The Balaban J connectivity index is 1.46. The Morgan fingerprint density at radius 3 is 2.54 bits per heavy atom. The summed E-state index contributed by atoms with van der Waals surface area (Å²) in [4.78, 5) is 16.9. The van der Waals surface area contributed by atoms with E-state index in [9.17, 15) is 0 Å². The van der Waals surface area contributed by atoms with Crippen molar-refractivity contribution >= 4 is 17.5 Å². The molecule has 1 aromatic carbocycles. The van der Waals surface area contributed by atoms with Crippen molar-refractivity contribution in [3.8, 4) is 0 Å². The third-order valence-corrected chi connectivity index (χ3v) is 6.50. The minimum Gasteiger partial charge on any atom is -0.368 e. The quantitative estimate of drug-likeness (QED) is 0.796. The van der Waals surface area contributed by atoms with Crippen LogP contribution in [0.4, 0.5) is 17.5 Å². The Kier molecular flexibility index (Phi) is 5.69. The summed E-state index contributed by atoms with van der Waals surface area (Å²) in [5.74, 6) is 1.99. The van der Waals surface area contributed by atoms with Gasteiger partial charge >= 0.3 is 0 Å². The molecule has 1 unspecified atom stereocenters. The number of rotatable bonds is 4. The Morgan fingerprint density at radius 2 is 1.75 bits per heavy atom. The van der Waals surface area contributed by atoms with Crippen molar-refractivity contribution in [2.45, 2.75) is 52.5 Å². The molecule has 2 fully saturated rings. The zero-order valence-electron chi connectivity index (χ0n) is 17.6. The lowest BCUT2D eigenvalue weighted by molar-refractivity contribution is 0.446. The third-order valence-electron chi connectivity index (χ3n) is 6.50. The summed E-state index contributed by atoms with van der Waals surface area (Å²) in [6.45, 7) is 11.8. The topological polar surface area (TPSA) is 35.5 Å². The van der Waals surface area contributed by atoms with Crippen LogP contribution in [-0.2, 0) is 0 Å². The predicted octanol–water partition coefficient (Wildman–Crippen LogP) is 4.19. The Hall–Kier alpha value is -2.30. The normalized spacial score (nSPS) is 20.5. The van der Waals surface area contributed by atoms with Crippen LogP contribution in [0.3, 0.4) is 0 Å². The van der Waals surface area contributed by atoms with Crippen LogP contribution >= 0.6 is 0 Å². The summed E-state index contributed by atoms with van der Waals surface area (Å²) in [5.41, 5.74) is 4.13. The molecule has 0 amide bonds. The molecule has 1 aromatic heterocycles. The van der Waals surface area contributed by atoms with E-state index < -0.39 is 0 Å². The molecule has 2 saturated heterocycles. The molecule has 0 saturated carbocycles. The lowest BCUT2D eigenvalue weighted by atomic mass is 10.0. The standard InChI is InChI=1S/C23H33N5/c1-4-20-9-5-6-13-28(20)22-11-12-24-23(25-22)27-16-14-26(15-17-27)21-10-7-8-18(2)19(21)3/h7-8,10-12,20H,4-6,9,13-17H2,1-3H3. The number of aromatic nitrogens is 2. The van der Waals surface area contributed by atoms with Crippen LogP contribution in [0.5, 0.6) is 0 Å². The van der Waals surface area contributed by atoms with Gasteiger partial charge in [-0.3, -0.25) is 0 Å². The van der Waals surface area contributed by atoms with Crippen molar-refractivity contribution in [1.82, 2.24) is 9.97 Å². The molecule has 2 aromatic rings. The summed E-state index contributed by atoms with van der Waals surface area (Å²) in [5, 5.41) is 0. The summed E-state index contributed by atoms with van der Waals surface area (Å²) < 4.78 is 0. The number of benzene rings is 1. The highest BCUT2D eigenvalue weighted by Crippen LogP contribution is 2.27. The van der Waals surface area contributed by atoms with Crippen LogP contribution in [0.25, 0.3) is 0 Å². The average Bonchev–Trinajstić information content (AvgIpc) is 2.76. The van der Waals surface area contributed by atoms with E-state index in [2.05, 4.69) is 64.7 Å². The van der Waals surface area contributed by atoms with Crippen LogP contribution < -0.4 is 14.7 Å². The fourth-order valence-electron chi connectivity index (χ4n) is 4.60. The molecule has 5 heteroatoms. The number of hydrogen-bond acceptors (Lipinski definition) is 5. The minimum absolute atomic E-state index is 0.623. The van der Waals surface area contributed by atoms with Crippen molar-refractivity contribution in [3.63, 3.8) is 0 Å². The number of anilines is 3. The van der Waals surface area contributed by atoms with E-state index in [4.69, 9.17) is 4.98 Å². The van der Waals surface area contributed by atoms with E-state index >= 15 is 0 Å². The molecule has 4 rings (SSSR count). The Bertz CT molecular complexity index is 797. The van der Waals surface area contributed by atoms with Crippen molar-refractivity contribution in [3.05, 3.63) is 41.6 Å². The average molecular weight is 380 g/mol. The molecule has 0 spiro atoms. The van der Waals surface area contributed by atoms with Crippen LogP contribution in [-0.4, -0.2) is 48.7 Å². The molecular formula is C23H33N5. The molecule has 3 heterocycles. The first kappa shape index (κ1) is 19.0. The lowest BCUT2D eigenvalue weighted by Crippen LogP contribution is -2.47. The zero-order chi connectivity index (χ0) is 19.5. The molecule has 0 N–H and O–H groups in total. The molecular weight excluding hydrogens is 346 g/mol. The molecule has 1 atom stereocenters. The zero-order valence-corrected chi connectivity index (χ0v) is 17.6. The largest absolute Gasteiger partial charge is 0.368 e. The second-order valence-electron chi connectivity index (χ2n) is 8.16. The van der Waals surface area contributed by atoms with Gasteiger partial charge in [-0.2, -0.15) is 4.98 Å². The van der Waals surface area contributed by atoms with Gasteiger partial charge in [0.05, 0.1) is 0 Å². The first-order valence-electron chi connectivity index (χ1n) is 10.8. The molecule has 150 valence electrons. The molecule has 0 aliphatic carbocycles. The lowest BCUT2D eigenvalue weighted by Gasteiger charge is -2.38. The van der Waals surface area contributed by atoms with Gasteiger partial charge in [0.25, 0.3) is 0 Å². The number of nitrogens with zero attached hydrogens (tertiary/aromatic N) is 5. The third kappa shape index (κ3) is 3.80. The molecule has 2 aliphatic rings. The van der Waals surface area contributed by atoms with Gasteiger partial charge in [0.1, 0.15) is 5.82 Å². The van der Waals surface area contributed by atoms with Crippen LogP contribution in [0.2, 0.25) is 0 Å². The SMILES string of the molecule is CCC1CCCCN1c1ccnc(N2CCN(c3cccc(C)c3C)CC2)n1. The van der Waals surface area contributed by atoms with Crippen molar-refractivity contribution < 1.29 is 0 Å². The second-order valence-corrected chi connectivity index (χ2v) is 8.16. The Labute approximate surface area is 169 Å². The highest BCUT2D eigenvalue weighted by Gasteiger charge is 2.24. The minimum atomic E-state index is 0.623. The number of hydrogen-bond donors (Lipinski definition) is 0. The highest BCUT2D eigenvalue weighted by molar-refractivity contribution is 5.57. The van der Waals surface area contributed by atoms with Gasteiger partial charge < -0.3 is 14.7 Å². The predicted molar refractivity (Wildman–Crippen MR) is 118 cm³/mol. The maximum atomic E-state index is 4.97. The number of piperidine rings is 1. The van der Waals surface area contributed by atoms with E-state index in [0.717, 1.165) is 44.5 Å². The molecule has 0 bridgehead atoms. The van der Waals surface area contributed by atoms with E-state index in [1.807, 2.05) is 6.20 Å². The fraction of sp³-hybridized carbons (Fsp3) is 0.565. The van der Waals surface area contributed by atoms with E-state index in [0.29, 0.717) is 6.04 Å². The summed E-state index contributed by atoms with van der Waals surface area (Å²) in [7, 11) is 0. The van der Waals surface area contributed by atoms with Crippen LogP contribution in [0, 0.1) is 13.8 Å². The molecule has 2 aliphatic heterocycles. The summed E-state index contributed by atoms with van der Waals surface area (Å²) in [6.07, 6.45) is 7.02. The van der Waals surface area contributed by atoms with Gasteiger partial charge in [-0.05, 0) is 62.8 Å². The fourth-order valence-corrected chi connectivity index (χ4v) is 4.60. The van der Waals surface area contributed by atoms with Gasteiger partial charge in [-0.25, -0.2) is 4.98 Å². The van der Waals surface area contributed by atoms with Gasteiger partial charge in [0.2, 0.25) is 5.95 Å². The summed E-state index contributed by atoms with van der Waals surface area (Å²) >= 11 is 0. The van der Waals surface area contributed by atoms with Crippen LogP contribution in [0.15, 0.2) is 30.5 Å². The highest BCUT2D eigenvalue weighted by atomic mass is 15.3. The van der Waals surface area contributed by atoms with Crippen molar-refractivity contribution in [2.75, 3.05) is 47.4 Å². The van der Waals surface area contributed by atoms with Gasteiger partial charge in [-0.15, -0.1) is 0 Å². The summed E-state index contributed by atoms with van der Waals surface area (Å²) in [6, 6.07) is 9.32. The molecule has 28 heavy (non-hydrogen) atoms. The van der Waals surface area contributed by atoms with Gasteiger partial charge in [0.15, 0.2) is 0 Å². The Morgan fingerprint density at radius 1 is 0.964 bits per heavy atom. The van der Waals surface area contributed by atoms with E-state index in [1.165, 1.54) is 42.5 Å². The first-order valence-corrected chi connectivity index (χ1v) is 10.8. The molecule has 5 nitrogen and oxygen atoms in total. The molecule has 0 radical (unpaired) electrons. The van der Waals surface area contributed by atoms with E-state index in [-0.39, 0.29) is 0 Å². The number of piperazine rings is 1. The van der Waals surface area contributed by atoms with Crippen LogP contribution in [0.1, 0.15) is 43.7 Å². The first-order chi connectivity index (χ1) is 13.7. The van der Waals surface area contributed by atoms with Crippen molar-refractivity contribution in [2.24, 2.45) is 0 Å². The number of aryl methyl sites for hydroxylation is 1. The second kappa shape index (κ2) is 8.38.